The Morgan fingerprint density at radius 1 is 0.458 bits per heavy atom. The standard InChI is InChI=1S/C49H88O8.C2H6/c1-3-30-44(41-47(53)35-23-17-12-10-8-6-4-5-7-9-11-13-19-26-38-49(55)56)48(54)37-25-18-15-14-16-22-32-46(52)36-29-40-57-39-28-27-34-45(51)33-24-20-21-31-43(2)42-50;1-2/h42-44H,3-41H2,1-2H3,(H,55,56);1-2H3/t43-,44+;/m0./s1. The van der Waals surface area contributed by atoms with Crippen LogP contribution >= 0.6 is 0 Å². The zero-order chi connectivity index (χ0) is 44.0. The SMILES string of the molecule is CC.CCC[C@H](CC(=O)CCCCCCCCCCCCCCCCC(=O)O)C(=O)CCCCCCCCC(=O)CCCOCCCCC(=O)CCCCC[C@H](C)C=O. The summed E-state index contributed by atoms with van der Waals surface area (Å²) in [7, 11) is 0. The summed E-state index contributed by atoms with van der Waals surface area (Å²) in [6, 6.07) is 0. The molecule has 0 bridgehead atoms. The lowest BCUT2D eigenvalue weighted by Crippen LogP contribution is -2.18. The molecule has 0 amide bonds. The summed E-state index contributed by atoms with van der Waals surface area (Å²) in [5, 5.41) is 8.67. The summed E-state index contributed by atoms with van der Waals surface area (Å²) < 4.78 is 5.67. The fourth-order valence-corrected chi connectivity index (χ4v) is 7.64. The van der Waals surface area contributed by atoms with Gasteiger partial charge in [0.2, 0.25) is 0 Å². The van der Waals surface area contributed by atoms with Gasteiger partial charge in [-0.05, 0) is 64.2 Å². The number of ketones is 4. The molecule has 8 heteroatoms. The van der Waals surface area contributed by atoms with E-state index in [4.69, 9.17) is 9.84 Å². The normalized spacial score (nSPS) is 12.1. The summed E-state index contributed by atoms with van der Waals surface area (Å²) in [6.45, 7) is 9.26. The van der Waals surface area contributed by atoms with Crippen LogP contribution in [0.2, 0.25) is 0 Å². The fourth-order valence-electron chi connectivity index (χ4n) is 7.64. The molecule has 0 fully saturated rings. The second kappa shape index (κ2) is 46.8. The maximum atomic E-state index is 12.9. The molecule has 0 rings (SSSR count). The van der Waals surface area contributed by atoms with E-state index in [1.54, 1.807) is 0 Å². The van der Waals surface area contributed by atoms with Crippen LogP contribution in [0, 0.1) is 11.8 Å². The molecule has 0 unspecified atom stereocenters. The number of aldehydes is 1. The molecule has 8 nitrogen and oxygen atoms in total. The van der Waals surface area contributed by atoms with E-state index in [1.165, 1.54) is 57.8 Å². The fraction of sp³-hybridized carbons (Fsp3) is 0.882. The van der Waals surface area contributed by atoms with Gasteiger partial charge in [-0.1, -0.05) is 150 Å². The van der Waals surface area contributed by atoms with E-state index in [0.717, 1.165) is 135 Å². The van der Waals surface area contributed by atoms with Crippen molar-refractivity contribution in [1.82, 2.24) is 0 Å². The van der Waals surface area contributed by atoms with Crippen LogP contribution in [0.1, 0.15) is 265 Å². The quantitative estimate of drug-likeness (QED) is 0.0473. The van der Waals surface area contributed by atoms with Crippen molar-refractivity contribution in [3.8, 4) is 0 Å². The third kappa shape index (κ3) is 45.1. The number of carbonyl (C=O) groups excluding carboxylic acids is 5. The van der Waals surface area contributed by atoms with Gasteiger partial charge in [-0.2, -0.15) is 0 Å². The Kier molecular flexibility index (Phi) is 46.7. The minimum Gasteiger partial charge on any atom is -0.481 e. The topological polar surface area (TPSA) is 132 Å². The smallest absolute Gasteiger partial charge is 0.303 e. The highest BCUT2D eigenvalue weighted by Gasteiger charge is 2.20. The molecular formula is C51H94O8. The largest absolute Gasteiger partial charge is 0.481 e. The monoisotopic (exact) mass is 835 g/mol. The van der Waals surface area contributed by atoms with Crippen molar-refractivity contribution in [2.75, 3.05) is 13.2 Å². The van der Waals surface area contributed by atoms with Crippen LogP contribution in [-0.2, 0) is 33.5 Å². The summed E-state index contributed by atoms with van der Waals surface area (Å²) >= 11 is 0. The summed E-state index contributed by atoms with van der Waals surface area (Å²) in [6.07, 6.45) is 35.9. The molecule has 2 atom stereocenters. The number of carbonyl (C=O) groups is 6. The molecule has 0 aliphatic heterocycles. The van der Waals surface area contributed by atoms with Crippen LogP contribution in [0.25, 0.3) is 0 Å². The number of Topliss-reactive ketones (excluding diaryl/α,β-unsaturated/α-hetero) is 4. The van der Waals surface area contributed by atoms with Gasteiger partial charge in [-0.3, -0.25) is 24.0 Å². The van der Waals surface area contributed by atoms with E-state index in [2.05, 4.69) is 6.92 Å². The van der Waals surface area contributed by atoms with E-state index >= 15 is 0 Å². The summed E-state index contributed by atoms with van der Waals surface area (Å²) in [5.74, 6) is 0.475. The summed E-state index contributed by atoms with van der Waals surface area (Å²) in [5.41, 5.74) is 0. The number of carboxylic acid groups (broad SMARTS) is 1. The van der Waals surface area contributed by atoms with E-state index in [1.807, 2.05) is 20.8 Å². The van der Waals surface area contributed by atoms with Gasteiger partial charge in [0.25, 0.3) is 0 Å². The molecule has 0 aliphatic carbocycles. The molecule has 346 valence electrons. The molecule has 59 heavy (non-hydrogen) atoms. The molecule has 0 aromatic carbocycles. The average Bonchev–Trinajstić information content (AvgIpc) is 3.22. The maximum Gasteiger partial charge on any atom is 0.303 e. The molecular weight excluding hydrogens is 741 g/mol. The number of hydrogen-bond donors (Lipinski definition) is 1. The Morgan fingerprint density at radius 3 is 1.25 bits per heavy atom. The minimum absolute atomic E-state index is 0.109. The maximum absolute atomic E-state index is 12.9. The van der Waals surface area contributed by atoms with Crippen LogP contribution in [0.3, 0.4) is 0 Å². The Labute approximate surface area is 363 Å². The van der Waals surface area contributed by atoms with Crippen molar-refractivity contribution in [2.24, 2.45) is 11.8 Å². The third-order valence-electron chi connectivity index (χ3n) is 11.4. The second-order valence-corrected chi connectivity index (χ2v) is 17.1. The molecule has 0 spiro atoms. The first-order chi connectivity index (χ1) is 28.7. The van der Waals surface area contributed by atoms with Gasteiger partial charge in [0.15, 0.2) is 0 Å². The van der Waals surface area contributed by atoms with Crippen LogP contribution in [0.5, 0.6) is 0 Å². The lowest BCUT2D eigenvalue weighted by Gasteiger charge is -2.14. The molecule has 0 heterocycles. The van der Waals surface area contributed by atoms with Crippen molar-refractivity contribution < 1.29 is 38.6 Å². The number of aliphatic carboxylic acids is 1. The van der Waals surface area contributed by atoms with Gasteiger partial charge in [0, 0.05) is 76.4 Å². The highest BCUT2D eigenvalue weighted by molar-refractivity contribution is 5.88. The first-order valence-corrected chi connectivity index (χ1v) is 25.0. The van der Waals surface area contributed by atoms with Crippen molar-refractivity contribution in [3.05, 3.63) is 0 Å². The lowest BCUT2D eigenvalue weighted by molar-refractivity contribution is -0.137. The van der Waals surface area contributed by atoms with E-state index in [-0.39, 0.29) is 23.4 Å². The molecule has 1 N–H and O–H groups in total. The Hall–Kier alpha value is -2.22. The number of unbranched alkanes of at least 4 members (excludes halogenated alkanes) is 21. The van der Waals surface area contributed by atoms with E-state index in [9.17, 15) is 28.8 Å². The van der Waals surface area contributed by atoms with E-state index < -0.39 is 5.97 Å². The van der Waals surface area contributed by atoms with Crippen LogP contribution in [0.4, 0.5) is 0 Å². The Morgan fingerprint density at radius 2 is 0.814 bits per heavy atom. The average molecular weight is 835 g/mol. The highest BCUT2D eigenvalue weighted by atomic mass is 16.5. The Balaban J connectivity index is 0. The number of hydrogen-bond acceptors (Lipinski definition) is 7. The predicted octanol–water partition coefficient (Wildman–Crippen LogP) is 14.3. The molecule has 0 saturated heterocycles. The highest BCUT2D eigenvalue weighted by Crippen LogP contribution is 2.20. The number of carboxylic acids is 1. The summed E-state index contributed by atoms with van der Waals surface area (Å²) in [4.78, 5) is 71.1. The first-order valence-electron chi connectivity index (χ1n) is 25.0. The second-order valence-electron chi connectivity index (χ2n) is 17.1. The zero-order valence-corrected chi connectivity index (χ0v) is 39.1. The van der Waals surface area contributed by atoms with Crippen molar-refractivity contribution in [2.45, 2.75) is 265 Å². The Bertz CT molecular complexity index is 1010. The molecule has 0 aromatic heterocycles. The van der Waals surface area contributed by atoms with Crippen LogP contribution in [-0.4, -0.2) is 53.7 Å². The van der Waals surface area contributed by atoms with Crippen LogP contribution in [0.15, 0.2) is 0 Å². The van der Waals surface area contributed by atoms with Gasteiger partial charge >= 0.3 is 5.97 Å². The molecule has 0 aromatic rings. The van der Waals surface area contributed by atoms with Crippen molar-refractivity contribution >= 4 is 35.4 Å². The van der Waals surface area contributed by atoms with E-state index in [0.29, 0.717) is 76.1 Å². The number of ether oxygens (including phenoxy) is 1. The van der Waals surface area contributed by atoms with Gasteiger partial charge in [-0.25, -0.2) is 0 Å². The third-order valence-corrected chi connectivity index (χ3v) is 11.4. The first kappa shape index (κ1) is 58.9. The number of rotatable bonds is 47. The molecule has 0 radical (unpaired) electrons. The van der Waals surface area contributed by atoms with Crippen molar-refractivity contribution in [3.63, 3.8) is 0 Å². The van der Waals surface area contributed by atoms with Crippen molar-refractivity contribution in [1.29, 1.82) is 0 Å². The van der Waals surface area contributed by atoms with Crippen LogP contribution < -0.4 is 0 Å². The predicted molar refractivity (Wildman–Crippen MR) is 245 cm³/mol. The minimum atomic E-state index is -0.686. The van der Waals surface area contributed by atoms with Gasteiger partial charge in [0.05, 0.1) is 0 Å². The lowest BCUT2D eigenvalue weighted by atomic mass is 9.89. The van der Waals surface area contributed by atoms with Gasteiger partial charge in [-0.15, -0.1) is 0 Å². The molecule has 0 saturated carbocycles. The molecule has 0 aliphatic rings. The zero-order valence-electron chi connectivity index (χ0n) is 39.1. The van der Waals surface area contributed by atoms with Gasteiger partial charge in [0.1, 0.15) is 29.4 Å². The van der Waals surface area contributed by atoms with Gasteiger partial charge < -0.3 is 14.6 Å².